The summed E-state index contributed by atoms with van der Waals surface area (Å²) >= 11 is 0. The Morgan fingerprint density at radius 2 is 1.13 bits per heavy atom. The number of nitrogens with one attached hydrogen (secondary N) is 3. The third kappa shape index (κ3) is 4.79. The van der Waals surface area contributed by atoms with E-state index in [2.05, 4.69) is 108 Å². The maximum atomic E-state index is 3.65. The van der Waals surface area contributed by atoms with E-state index >= 15 is 0 Å². The highest BCUT2D eigenvalue weighted by atomic mass is 15.0. The van der Waals surface area contributed by atoms with E-state index in [1.165, 1.54) is 50.5 Å². The Hall–Kier alpha value is -2.94. The average Bonchev–Trinajstić information content (AvgIpc) is 2.67. The van der Waals surface area contributed by atoms with Gasteiger partial charge in [-0.1, -0.05) is 41.5 Å². The zero-order valence-corrected chi connectivity index (χ0v) is 19.7. The van der Waals surface area contributed by atoms with Gasteiger partial charge in [0, 0.05) is 34.9 Å². The maximum absolute atomic E-state index is 3.65. The third-order valence-corrected chi connectivity index (χ3v) is 5.73. The van der Waals surface area contributed by atoms with Crippen LogP contribution in [0.3, 0.4) is 0 Å². The SMILES string of the molecule is CC(Nc1c(C)cc(C)cc1C)=C1C=CC/C(=C(\C)Nc2c(C)cc(C)cc2C)N1. The third-order valence-electron chi connectivity index (χ3n) is 5.73. The quantitative estimate of drug-likeness (QED) is 0.512. The van der Waals surface area contributed by atoms with Crippen LogP contribution in [-0.4, -0.2) is 0 Å². The van der Waals surface area contributed by atoms with E-state index in [1.54, 1.807) is 0 Å². The van der Waals surface area contributed by atoms with E-state index in [1.807, 2.05) is 0 Å². The normalized spacial score (nSPS) is 16.8. The first-order valence-corrected chi connectivity index (χ1v) is 10.7. The summed E-state index contributed by atoms with van der Waals surface area (Å²) in [6.07, 6.45) is 5.28. The van der Waals surface area contributed by atoms with E-state index in [-0.39, 0.29) is 0 Å². The largest absolute Gasteiger partial charge is 0.357 e. The predicted octanol–water partition coefficient (Wildman–Crippen LogP) is 7.07. The Labute approximate surface area is 182 Å². The molecule has 0 aromatic heterocycles. The van der Waals surface area contributed by atoms with E-state index in [9.17, 15) is 0 Å². The van der Waals surface area contributed by atoms with Crippen LogP contribution >= 0.6 is 0 Å². The van der Waals surface area contributed by atoms with Crippen molar-refractivity contribution in [1.82, 2.24) is 5.32 Å². The van der Waals surface area contributed by atoms with Gasteiger partial charge in [-0.25, -0.2) is 0 Å². The number of anilines is 2. The molecule has 2 aromatic rings. The predicted molar refractivity (Wildman–Crippen MR) is 131 cm³/mol. The van der Waals surface area contributed by atoms with Crippen LogP contribution in [0.5, 0.6) is 0 Å². The summed E-state index contributed by atoms with van der Waals surface area (Å²) in [5.41, 5.74) is 14.7. The molecule has 3 N–H and O–H groups in total. The molecule has 0 atom stereocenters. The summed E-state index contributed by atoms with van der Waals surface area (Å²) in [6, 6.07) is 8.91. The molecule has 0 bridgehead atoms. The van der Waals surface area contributed by atoms with Crippen LogP contribution in [0.4, 0.5) is 11.4 Å². The van der Waals surface area contributed by atoms with Gasteiger partial charge in [0.05, 0.1) is 5.70 Å². The summed E-state index contributed by atoms with van der Waals surface area (Å²) < 4.78 is 0. The molecule has 1 aliphatic heterocycles. The standard InChI is InChI=1S/C27H35N3/c1-16-12-18(3)26(19(4)13-16)28-22(7)24-10-9-11-25(30-24)23(8)29-27-20(5)14-17(2)15-21(27)6/h9-10,12-15,28-30H,11H2,1-8H3/b24-22?,25-23-. The van der Waals surface area contributed by atoms with E-state index in [0.717, 1.165) is 23.5 Å². The molecule has 158 valence electrons. The van der Waals surface area contributed by atoms with Gasteiger partial charge in [-0.05, 0) is 83.7 Å². The molecule has 0 saturated carbocycles. The summed E-state index contributed by atoms with van der Waals surface area (Å²) in [6.45, 7) is 17.2. The first-order valence-electron chi connectivity index (χ1n) is 10.7. The summed E-state index contributed by atoms with van der Waals surface area (Å²) in [4.78, 5) is 0. The molecule has 0 unspecified atom stereocenters. The van der Waals surface area contributed by atoms with Gasteiger partial charge in [-0.2, -0.15) is 0 Å². The molecule has 1 aliphatic rings. The minimum absolute atomic E-state index is 0.891. The van der Waals surface area contributed by atoms with Crippen LogP contribution in [0.2, 0.25) is 0 Å². The molecular formula is C27H35N3. The van der Waals surface area contributed by atoms with E-state index < -0.39 is 0 Å². The molecule has 3 rings (SSSR count). The Balaban J connectivity index is 1.85. The molecule has 2 aromatic carbocycles. The van der Waals surface area contributed by atoms with Crippen molar-refractivity contribution in [3.63, 3.8) is 0 Å². The van der Waals surface area contributed by atoms with Crippen molar-refractivity contribution >= 4 is 11.4 Å². The van der Waals surface area contributed by atoms with Crippen LogP contribution in [0.25, 0.3) is 0 Å². The Morgan fingerprint density at radius 1 is 0.700 bits per heavy atom. The minimum atomic E-state index is 0.891. The summed E-state index contributed by atoms with van der Waals surface area (Å²) in [5, 5.41) is 10.9. The smallest absolute Gasteiger partial charge is 0.0572 e. The fraction of sp³-hybridized carbons (Fsp3) is 0.333. The van der Waals surface area contributed by atoms with E-state index in [4.69, 9.17) is 0 Å². The van der Waals surface area contributed by atoms with Gasteiger partial charge in [0.25, 0.3) is 0 Å². The van der Waals surface area contributed by atoms with Crippen molar-refractivity contribution in [1.29, 1.82) is 0 Å². The van der Waals surface area contributed by atoms with Gasteiger partial charge in [-0.3, -0.25) is 0 Å². The summed E-state index contributed by atoms with van der Waals surface area (Å²) in [5.74, 6) is 0. The van der Waals surface area contributed by atoms with Gasteiger partial charge < -0.3 is 16.0 Å². The van der Waals surface area contributed by atoms with Crippen LogP contribution < -0.4 is 16.0 Å². The lowest BCUT2D eigenvalue weighted by atomic mass is 10.0. The second-order valence-corrected chi connectivity index (χ2v) is 8.67. The van der Waals surface area contributed by atoms with Crippen LogP contribution in [-0.2, 0) is 0 Å². The Bertz CT molecular complexity index is 1020. The molecule has 0 aliphatic carbocycles. The lowest BCUT2D eigenvalue weighted by Gasteiger charge is -2.23. The number of benzene rings is 2. The van der Waals surface area contributed by atoms with Crippen molar-refractivity contribution in [2.75, 3.05) is 10.6 Å². The molecule has 0 spiro atoms. The molecule has 3 heteroatoms. The lowest BCUT2D eigenvalue weighted by Crippen LogP contribution is -2.21. The molecule has 30 heavy (non-hydrogen) atoms. The number of aryl methyl sites for hydroxylation is 6. The molecule has 0 radical (unpaired) electrons. The number of allylic oxidation sites excluding steroid dienone is 4. The van der Waals surface area contributed by atoms with Crippen LogP contribution in [0.15, 0.2) is 59.2 Å². The summed E-state index contributed by atoms with van der Waals surface area (Å²) in [7, 11) is 0. The fourth-order valence-electron chi connectivity index (χ4n) is 4.29. The molecule has 3 nitrogen and oxygen atoms in total. The van der Waals surface area contributed by atoms with Crippen molar-refractivity contribution < 1.29 is 0 Å². The highest BCUT2D eigenvalue weighted by Crippen LogP contribution is 2.27. The van der Waals surface area contributed by atoms with Gasteiger partial charge in [0.15, 0.2) is 0 Å². The fourth-order valence-corrected chi connectivity index (χ4v) is 4.29. The zero-order valence-electron chi connectivity index (χ0n) is 19.7. The first-order chi connectivity index (χ1) is 14.2. The van der Waals surface area contributed by atoms with Gasteiger partial charge in [-0.15, -0.1) is 0 Å². The minimum Gasteiger partial charge on any atom is -0.357 e. The van der Waals surface area contributed by atoms with Crippen LogP contribution in [0.1, 0.15) is 53.6 Å². The van der Waals surface area contributed by atoms with Crippen molar-refractivity contribution in [2.45, 2.75) is 61.8 Å². The van der Waals surface area contributed by atoms with Gasteiger partial charge in [0.1, 0.15) is 0 Å². The highest BCUT2D eigenvalue weighted by molar-refractivity contribution is 5.63. The van der Waals surface area contributed by atoms with Gasteiger partial charge in [0.2, 0.25) is 0 Å². The average molecular weight is 402 g/mol. The molecular weight excluding hydrogens is 366 g/mol. The van der Waals surface area contributed by atoms with Crippen molar-refractivity contribution in [3.8, 4) is 0 Å². The monoisotopic (exact) mass is 401 g/mol. The van der Waals surface area contributed by atoms with Crippen molar-refractivity contribution in [3.05, 3.63) is 92.6 Å². The molecule has 0 amide bonds. The van der Waals surface area contributed by atoms with Crippen LogP contribution in [0, 0.1) is 41.5 Å². The molecule has 0 fully saturated rings. The topological polar surface area (TPSA) is 36.1 Å². The molecule has 1 heterocycles. The number of hydrogen-bond donors (Lipinski definition) is 3. The van der Waals surface area contributed by atoms with Gasteiger partial charge >= 0.3 is 0 Å². The Morgan fingerprint density at radius 3 is 1.60 bits per heavy atom. The Kier molecular flexibility index (Phi) is 6.40. The zero-order chi connectivity index (χ0) is 22.0. The lowest BCUT2D eigenvalue weighted by molar-refractivity contribution is 0.881. The first kappa shape index (κ1) is 21.8. The number of rotatable bonds is 4. The van der Waals surface area contributed by atoms with E-state index in [0.29, 0.717) is 0 Å². The maximum Gasteiger partial charge on any atom is 0.0572 e. The van der Waals surface area contributed by atoms with Crippen molar-refractivity contribution in [2.24, 2.45) is 0 Å². The second-order valence-electron chi connectivity index (χ2n) is 8.67. The number of hydrogen-bond acceptors (Lipinski definition) is 3. The second kappa shape index (κ2) is 8.83. The molecule has 0 saturated heterocycles. The highest BCUT2D eigenvalue weighted by Gasteiger charge is 2.13.